The molecule has 0 saturated heterocycles. The lowest BCUT2D eigenvalue weighted by molar-refractivity contribution is 0.0938. The number of benzene rings is 2. The third-order valence-corrected chi connectivity index (χ3v) is 3.63. The third-order valence-electron chi connectivity index (χ3n) is 3.63. The molecule has 0 aliphatic heterocycles. The summed E-state index contributed by atoms with van der Waals surface area (Å²) in [5, 5.41) is 2.65. The van der Waals surface area contributed by atoms with Crippen molar-refractivity contribution in [3.8, 4) is 5.69 Å². The standard InChI is InChI=1S/C19H18N4O2/c1-14-8-10-15(11-9-14)20-19(25)22-21-18(24)16-6-2-3-7-17(16)23-12-4-5-13-23/h2-13H,1H3,(H,21,24)(H2,20,22,25). The van der Waals surface area contributed by atoms with E-state index in [0.717, 1.165) is 11.3 Å². The van der Waals surface area contributed by atoms with Gasteiger partial charge in [0.2, 0.25) is 0 Å². The van der Waals surface area contributed by atoms with Crippen molar-refractivity contribution in [2.75, 3.05) is 5.32 Å². The highest BCUT2D eigenvalue weighted by atomic mass is 16.2. The molecule has 3 rings (SSSR count). The van der Waals surface area contributed by atoms with Crippen molar-refractivity contribution in [2.45, 2.75) is 6.92 Å². The van der Waals surface area contributed by atoms with Gasteiger partial charge in [-0.15, -0.1) is 0 Å². The van der Waals surface area contributed by atoms with E-state index in [1.54, 1.807) is 24.3 Å². The monoisotopic (exact) mass is 334 g/mol. The second-order valence-corrected chi connectivity index (χ2v) is 5.51. The summed E-state index contributed by atoms with van der Waals surface area (Å²) in [6.45, 7) is 1.96. The second kappa shape index (κ2) is 7.35. The Kier molecular flexibility index (Phi) is 4.80. The molecule has 3 N–H and O–H groups in total. The molecule has 1 aromatic heterocycles. The van der Waals surface area contributed by atoms with Gasteiger partial charge in [-0.25, -0.2) is 10.2 Å². The Balaban J connectivity index is 1.63. The van der Waals surface area contributed by atoms with Gasteiger partial charge in [-0.05, 0) is 43.3 Å². The molecular formula is C19H18N4O2. The third kappa shape index (κ3) is 4.06. The molecule has 126 valence electrons. The first-order chi connectivity index (χ1) is 12.1. The van der Waals surface area contributed by atoms with E-state index in [-0.39, 0.29) is 0 Å². The number of rotatable bonds is 3. The van der Waals surface area contributed by atoms with Crippen LogP contribution in [-0.4, -0.2) is 16.5 Å². The quantitative estimate of drug-likeness (QED) is 0.643. The Morgan fingerprint density at radius 2 is 1.52 bits per heavy atom. The van der Waals surface area contributed by atoms with Crippen LogP contribution >= 0.6 is 0 Å². The van der Waals surface area contributed by atoms with Crippen LogP contribution in [0.1, 0.15) is 15.9 Å². The van der Waals surface area contributed by atoms with Gasteiger partial charge in [0.1, 0.15) is 0 Å². The predicted octanol–water partition coefficient (Wildman–Crippen LogP) is 3.25. The molecule has 3 aromatic rings. The van der Waals surface area contributed by atoms with Gasteiger partial charge in [0.05, 0.1) is 11.3 Å². The summed E-state index contributed by atoms with van der Waals surface area (Å²) >= 11 is 0. The molecule has 0 aliphatic rings. The molecule has 6 heteroatoms. The fourth-order valence-electron chi connectivity index (χ4n) is 2.37. The molecule has 0 radical (unpaired) electrons. The lowest BCUT2D eigenvalue weighted by Crippen LogP contribution is -2.44. The van der Waals surface area contributed by atoms with Crippen LogP contribution in [-0.2, 0) is 0 Å². The predicted molar refractivity (Wildman–Crippen MR) is 96.6 cm³/mol. The van der Waals surface area contributed by atoms with Gasteiger partial charge >= 0.3 is 6.03 Å². The van der Waals surface area contributed by atoms with Gasteiger partial charge in [-0.2, -0.15) is 0 Å². The van der Waals surface area contributed by atoms with Gasteiger partial charge in [0.25, 0.3) is 5.91 Å². The molecule has 1 heterocycles. The minimum absolute atomic E-state index is 0.400. The maximum atomic E-state index is 12.4. The normalized spacial score (nSPS) is 10.1. The molecule has 0 aliphatic carbocycles. The van der Waals surface area contributed by atoms with Gasteiger partial charge < -0.3 is 9.88 Å². The summed E-state index contributed by atoms with van der Waals surface area (Å²) < 4.78 is 1.83. The van der Waals surface area contributed by atoms with E-state index in [1.807, 2.05) is 60.3 Å². The van der Waals surface area contributed by atoms with Crippen LogP contribution in [0.2, 0.25) is 0 Å². The molecular weight excluding hydrogens is 316 g/mol. The van der Waals surface area contributed by atoms with E-state index in [2.05, 4.69) is 16.2 Å². The van der Waals surface area contributed by atoms with Crippen LogP contribution in [0.4, 0.5) is 10.5 Å². The summed E-state index contributed by atoms with van der Waals surface area (Å²) in [6, 6.07) is 17.8. The zero-order valence-electron chi connectivity index (χ0n) is 13.7. The van der Waals surface area contributed by atoms with Crippen molar-refractivity contribution in [3.63, 3.8) is 0 Å². The highest BCUT2D eigenvalue weighted by Crippen LogP contribution is 2.14. The highest BCUT2D eigenvalue weighted by molar-refractivity contribution is 5.99. The van der Waals surface area contributed by atoms with Crippen molar-refractivity contribution in [2.24, 2.45) is 0 Å². The lowest BCUT2D eigenvalue weighted by Gasteiger charge is -2.12. The van der Waals surface area contributed by atoms with Crippen molar-refractivity contribution >= 4 is 17.6 Å². The number of anilines is 1. The number of aryl methyl sites for hydroxylation is 1. The molecule has 0 unspecified atom stereocenters. The lowest BCUT2D eigenvalue weighted by atomic mass is 10.1. The van der Waals surface area contributed by atoms with Gasteiger partial charge in [0, 0.05) is 18.1 Å². The van der Waals surface area contributed by atoms with E-state index in [9.17, 15) is 9.59 Å². The van der Waals surface area contributed by atoms with E-state index in [4.69, 9.17) is 0 Å². The van der Waals surface area contributed by atoms with Crippen LogP contribution < -0.4 is 16.2 Å². The maximum Gasteiger partial charge on any atom is 0.337 e. The molecule has 0 spiro atoms. The minimum atomic E-state index is -0.518. The number of nitrogens with zero attached hydrogens (tertiary/aromatic N) is 1. The number of carbonyl (C=O) groups is 2. The van der Waals surface area contributed by atoms with Crippen LogP contribution in [0.15, 0.2) is 73.1 Å². The summed E-state index contributed by atoms with van der Waals surface area (Å²) in [4.78, 5) is 24.3. The molecule has 0 atom stereocenters. The second-order valence-electron chi connectivity index (χ2n) is 5.51. The van der Waals surface area contributed by atoms with Gasteiger partial charge in [-0.3, -0.25) is 10.2 Å². The van der Waals surface area contributed by atoms with Crippen LogP contribution in [0, 0.1) is 6.92 Å². The number of urea groups is 1. The number of para-hydroxylation sites is 1. The van der Waals surface area contributed by atoms with Gasteiger partial charge in [0.15, 0.2) is 0 Å². The number of carbonyl (C=O) groups excluding carboxylic acids is 2. The minimum Gasteiger partial charge on any atom is -0.323 e. The largest absolute Gasteiger partial charge is 0.337 e. The first-order valence-electron chi connectivity index (χ1n) is 7.80. The Hall–Kier alpha value is -3.54. The zero-order valence-corrected chi connectivity index (χ0v) is 13.7. The van der Waals surface area contributed by atoms with E-state index < -0.39 is 11.9 Å². The topological polar surface area (TPSA) is 75.2 Å². The number of aromatic nitrogens is 1. The molecule has 0 bridgehead atoms. The average molecular weight is 334 g/mol. The Labute approximate surface area is 145 Å². The number of hydrazine groups is 1. The first kappa shape index (κ1) is 16.3. The smallest absolute Gasteiger partial charge is 0.323 e. The Bertz CT molecular complexity index is 871. The SMILES string of the molecule is Cc1ccc(NC(=O)NNC(=O)c2ccccc2-n2cccc2)cc1. The Morgan fingerprint density at radius 1 is 0.840 bits per heavy atom. The highest BCUT2D eigenvalue weighted by Gasteiger charge is 2.12. The number of nitrogens with one attached hydrogen (secondary N) is 3. The fraction of sp³-hybridized carbons (Fsp3) is 0.0526. The summed E-state index contributed by atoms with van der Waals surface area (Å²) in [5.74, 6) is -0.400. The zero-order chi connectivity index (χ0) is 17.6. The van der Waals surface area contributed by atoms with Crippen molar-refractivity contribution < 1.29 is 9.59 Å². The molecule has 0 fully saturated rings. The van der Waals surface area contributed by atoms with Crippen molar-refractivity contribution in [1.29, 1.82) is 0 Å². The van der Waals surface area contributed by atoms with Crippen LogP contribution in [0.3, 0.4) is 0 Å². The summed E-state index contributed by atoms with van der Waals surface area (Å²) in [6.07, 6.45) is 3.70. The van der Waals surface area contributed by atoms with Crippen molar-refractivity contribution in [1.82, 2.24) is 15.4 Å². The molecule has 6 nitrogen and oxygen atoms in total. The van der Waals surface area contributed by atoms with Crippen LogP contribution in [0.5, 0.6) is 0 Å². The van der Waals surface area contributed by atoms with Crippen molar-refractivity contribution in [3.05, 3.63) is 84.2 Å². The van der Waals surface area contributed by atoms with E-state index in [1.165, 1.54) is 0 Å². The maximum absolute atomic E-state index is 12.4. The molecule has 2 aromatic carbocycles. The number of hydrogen-bond donors (Lipinski definition) is 3. The van der Waals surface area contributed by atoms with E-state index >= 15 is 0 Å². The summed E-state index contributed by atoms with van der Waals surface area (Å²) in [5.41, 5.74) is 7.70. The summed E-state index contributed by atoms with van der Waals surface area (Å²) in [7, 11) is 0. The molecule has 3 amide bonds. The average Bonchev–Trinajstić information content (AvgIpc) is 3.16. The molecule has 25 heavy (non-hydrogen) atoms. The molecule has 0 saturated carbocycles. The fourth-order valence-corrected chi connectivity index (χ4v) is 2.37. The van der Waals surface area contributed by atoms with E-state index in [0.29, 0.717) is 11.3 Å². The Morgan fingerprint density at radius 3 is 2.24 bits per heavy atom. The van der Waals surface area contributed by atoms with Crippen LogP contribution in [0.25, 0.3) is 5.69 Å². The number of hydrogen-bond acceptors (Lipinski definition) is 2. The number of amides is 3. The van der Waals surface area contributed by atoms with Gasteiger partial charge in [-0.1, -0.05) is 29.8 Å². The first-order valence-corrected chi connectivity index (χ1v) is 7.80.